The van der Waals surface area contributed by atoms with E-state index < -0.39 is 25.1 Å². The number of rotatable bonds is 7. The molecule has 0 unspecified atom stereocenters. The third-order valence-corrected chi connectivity index (χ3v) is 2.89. The van der Waals surface area contributed by atoms with Gasteiger partial charge in [-0.15, -0.1) is 0 Å². The van der Waals surface area contributed by atoms with Crippen LogP contribution in [0.5, 0.6) is 5.88 Å². The highest BCUT2D eigenvalue weighted by atomic mass is 16.6. The van der Waals surface area contributed by atoms with Crippen LogP contribution in [0, 0.1) is 6.92 Å². The lowest BCUT2D eigenvalue weighted by atomic mass is 10.1. The molecule has 1 heterocycles. The maximum absolute atomic E-state index is 11.8. The van der Waals surface area contributed by atoms with Crippen molar-refractivity contribution in [1.82, 2.24) is 5.16 Å². The average Bonchev–Trinajstić information content (AvgIpc) is 2.97. The summed E-state index contributed by atoms with van der Waals surface area (Å²) in [6.45, 7) is 2.19. The van der Waals surface area contributed by atoms with Crippen LogP contribution >= 0.6 is 0 Å². The summed E-state index contributed by atoms with van der Waals surface area (Å²) in [6.07, 6.45) is 0. The number of carbonyl (C=O) groups excluding carboxylic acids is 3. The van der Waals surface area contributed by atoms with Crippen LogP contribution in [0.15, 0.2) is 34.9 Å². The number of nitrogens with one attached hydrogen (secondary N) is 1. The fourth-order valence-corrected chi connectivity index (χ4v) is 1.82. The van der Waals surface area contributed by atoms with E-state index in [1.165, 1.54) is 13.0 Å². The summed E-state index contributed by atoms with van der Waals surface area (Å²) in [5.41, 5.74) is 0.738. The van der Waals surface area contributed by atoms with E-state index >= 15 is 0 Å². The van der Waals surface area contributed by atoms with Gasteiger partial charge in [0, 0.05) is 11.6 Å². The molecule has 1 aromatic heterocycles. The van der Waals surface area contributed by atoms with E-state index in [0.29, 0.717) is 17.0 Å². The molecule has 126 valence electrons. The summed E-state index contributed by atoms with van der Waals surface area (Å²) in [5, 5.41) is 6.07. The molecule has 0 aliphatic heterocycles. The molecule has 0 radical (unpaired) electrons. The molecule has 1 N–H and O–H groups in total. The van der Waals surface area contributed by atoms with Gasteiger partial charge in [0.2, 0.25) is 0 Å². The Balaban J connectivity index is 1.78. The Morgan fingerprint density at radius 3 is 2.62 bits per heavy atom. The third kappa shape index (κ3) is 4.94. The Morgan fingerprint density at radius 1 is 1.21 bits per heavy atom. The number of nitrogens with zero attached hydrogens (tertiary/aromatic N) is 1. The van der Waals surface area contributed by atoms with Gasteiger partial charge in [-0.1, -0.05) is 12.1 Å². The molecule has 2 aromatic rings. The fourth-order valence-electron chi connectivity index (χ4n) is 1.82. The number of aromatic nitrogens is 1. The minimum atomic E-state index is -0.731. The summed E-state index contributed by atoms with van der Waals surface area (Å²) in [4.78, 5) is 34.8. The monoisotopic (exact) mass is 332 g/mol. The SMILES string of the molecule is CC(=O)c1ccccc1NC(=O)COC(=O)COc1cc(C)on1. The highest BCUT2D eigenvalue weighted by Crippen LogP contribution is 2.15. The number of ether oxygens (including phenoxy) is 2. The van der Waals surface area contributed by atoms with Crippen LogP contribution in [0.3, 0.4) is 0 Å². The molecule has 0 aliphatic rings. The number of benzene rings is 1. The number of ketones is 1. The molecule has 2 rings (SSSR count). The van der Waals surface area contributed by atoms with E-state index in [0.717, 1.165) is 0 Å². The number of carbonyl (C=O) groups is 3. The summed E-state index contributed by atoms with van der Waals surface area (Å²) in [5.74, 6) is -0.773. The van der Waals surface area contributed by atoms with Crippen LogP contribution in [-0.4, -0.2) is 36.0 Å². The molecular formula is C16H16N2O6. The van der Waals surface area contributed by atoms with Gasteiger partial charge in [0.25, 0.3) is 11.8 Å². The lowest BCUT2D eigenvalue weighted by Gasteiger charge is -2.09. The molecule has 0 bridgehead atoms. The minimum absolute atomic E-state index is 0.157. The van der Waals surface area contributed by atoms with Crippen LogP contribution in [-0.2, 0) is 14.3 Å². The van der Waals surface area contributed by atoms with E-state index in [1.807, 2.05) is 0 Å². The molecule has 1 aromatic carbocycles. The Hall–Kier alpha value is -3.16. The predicted octanol–water partition coefficient (Wildman–Crippen LogP) is 1.75. The van der Waals surface area contributed by atoms with Crippen molar-refractivity contribution < 1.29 is 28.4 Å². The zero-order valence-electron chi connectivity index (χ0n) is 13.2. The topological polar surface area (TPSA) is 108 Å². The number of anilines is 1. The van der Waals surface area contributed by atoms with Gasteiger partial charge in [-0.3, -0.25) is 9.59 Å². The fraction of sp³-hybridized carbons (Fsp3) is 0.250. The van der Waals surface area contributed by atoms with E-state index in [-0.39, 0.29) is 11.7 Å². The Labute approximate surface area is 137 Å². The van der Waals surface area contributed by atoms with Crippen molar-refractivity contribution in [2.24, 2.45) is 0 Å². The quantitative estimate of drug-likeness (QED) is 0.608. The molecule has 0 spiro atoms. The second-order valence-electron chi connectivity index (χ2n) is 4.88. The zero-order valence-corrected chi connectivity index (χ0v) is 13.2. The summed E-state index contributed by atoms with van der Waals surface area (Å²) < 4.78 is 14.6. The largest absolute Gasteiger partial charge is 0.463 e. The minimum Gasteiger partial charge on any atom is -0.463 e. The van der Waals surface area contributed by atoms with Crippen LogP contribution in [0.4, 0.5) is 5.69 Å². The van der Waals surface area contributed by atoms with Crippen LogP contribution < -0.4 is 10.1 Å². The van der Waals surface area contributed by atoms with Crippen molar-refractivity contribution in [3.05, 3.63) is 41.7 Å². The van der Waals surface area contributed by atoms with Crippen molar-refractivity contribution in [2.45, 2.75) is 13.8 Å². The summed E-state index contributed by atoms with van der Waals surface area (Å²) >= 11 is 0. The van der Waals surface area contributed by atoms with Gasteiger partial charge in [0.15, 0.2) is 19.0 Å². The number of aryl methyl sites for hydroxylation is 1. The number of hydrogen-bond donors (Lipinski definition) is 1. The number of hydrogen-bond acceptors (Lipinski definition) is 7. The van der Waals surface area contributed by atoms with E-state index in [1.54, 1.807) is 31.2 Å². The molecule has 0 fully saturated rings. The normalized spacial score (nSPS) is 10.1. The standard InChI is InChI=1S/C16H16N2O6/c1-10-7-15(18-24-10)22-9-16(21)23-8-14(20)17-13-6-4-3-5-12(13)11(2)19/h3-7H,8-9H2,1-2H3,(H,17,20). The van der Waals surface area contributed by atoms with E-state index in [4.69, 9.17) is 14.0 Å². The van der Waals surface area contributed by atoms with E-state index in [9.17, 15) is 14.4 Å². The number of Topliss-reactive ketones (excluding diaryl/α,β-unsaturated/α-hetero) is 1. The second kappa shape index (κ2) is 7.91. The maximum Gasteiger partial charge on any atom is 0.344 e. The van der Waals surface area contributed by atoms with Gasteiger partial charge >= 0.3 is 5.97 Å². The predicted molar refractivity (Wildman–Crippen MR) is 82.8 cm³/mol. The molecule has 1 amide bonds. The Bertz CT molecular complexity index is 753. The lowest BCUT2D eigenvalue weighted by molar-refractivity contribution is -0.149. The number of esters is 1. The highest BCUT2D eigenvalue weighted by molar-refractivity contribution is 6.04. The van der Waals surface area contributed by atoms with Crippen LogP contribution in [0.2, 0.25) is 0 Å². The first kappa shape index (κ1) is 17.2. The molecule has 8 nitrogen and oxygen atoms in total. The highest BCUT2D eigenvalue weighted by Gasteiger charge is 2.12. The first-order valence-electron chi connectivity index (χ1n) is 7.07. The van der Waals surface area contributed by atoms with Crippen molar-refractivity contribution in [3.63, 3.8) is 0 Å². The zero-order chi connectivity index (χ0) is 17.5. The van der Waals surface area contributed by atoms with E-state index in [2.05, 4.69) is 10.5 Å². The molecule has 0 saturated heterocycles. The first-order valence-corrected chi connectivity index (χ1v) is 7.07. The molecule has 24 heavy (non-hydrogen) atoms. The second-order valence-corrected chi connectivity index (χ2v) is 4.88. The molecule has 0 saturated carbocycles. The average molecular weight is 332 g/mol. The molecule has 8 heteroatoms. The van der Waals surface area contributed by atoms with Gasteiger partial charge in [-0.2, -0.15) is 0 Å². The maximum atomic E-state index is 11.8. The summed E-state index contributed by atoms with van der Waals surface area (Å²) in [6, 6.07) is 8.07. The van der Waals surface area contributed by atoms with Gasteiger partial charge < -0.3 is 19.3 Å². The van der Waals surface area contributed by atoms with Gasteiger partial charge in [-0.25, -0.2) is 4.79 Å². The Morgan fingerprint density at radius 2 is 1.96 bits per heavy atom. The Kier molecular flexibility index (Phi) is 5.67. The van der Waals surface area contributed by atoms with Crippen LogP contribution in [0.25, 0.3) is 0 Å². The van der Waals surface area contributed by atoms with Crippen molar-refractivity contribution >= 4 is 23.3 Å². The molecular weight excluding hydrogens is 316 g/mol. The first-order chi connectivity index (χ1) is 11.5. The van der Waals surface area contributed by atoms with Gasteiger partial charge in [0.1, 0.15) is 5.76 Å². The number of para-hydroxylation sites is 1. The van der Waals surface area contributed by atoms with Gasteiger partial charge in [-0.05, 0) is 31.1 Å². The number of amides is 1. The molecule has 0 atom stereocenters. The van der Waals surface area contributed by atoms with Gasteiger partial charge in [0.05, 0.1) is 5.69 Å². The lowest BCUT2D eigenvalue weighted by Crippen LogP contribution is -2.24. The van der Waals surface area contributed by atoms with Crippen LogP contribution in [0.1, 0.15) is 23.0 Å². The van der Waals surface area contributed by atoms with Crippen molar-refractivity contribution in [1.29, 1.82) is 0 Å². The third-order valence-electron chi connectivity index (χ3n) is 2.89. The smallest absolute Gasteiger partial charge is 0.344 e. The summed E-state index contributed by atoms with van der Waals surface area (Å²) in [7, 11) is 0. The van der Waals surface area contributed by atoms with Crippen molar-refractivity contribution in [2.75, 3.05) is 18.5 Å². The van der Waals surface area contributed by atoms with Crippen molar-refractivity contribution in [3.8, 4) is 5.88 Å². The molecule has 0 aliphatic carbocycles.